The van der Waals surface area contributed by atoms with Crippen molar-refractivity contribution in [1.82, 2.24) is 9.88 Å². The summed E-state index contributed by atoms with van der Waals surface area (Å²) < 4.78 is 25.3. The van der Waals surface area contributed by atoms with Crippen LogP contribution in [0.15, 0.2) is 41.3 Å². The van der Waals surface area contributed by atoms with Crippen molar-refractivity contribution in [3.05, 3.63) is 63.8 Å². The molecule has 0 spiro atoms. The minimum Gasteiger partial charge on any atom is -0.483 e. The highest BCUT2D eigenvalue weighted by atomic mass is 19.1. The van der Waals surface area contributed by atoms with Crippen LogP contribution in [0.4, 0.5) is 4.39 Å². The predicted octanol–water partition coefficient (Wildman–Crippen LogP) is 0.821. The zero-order chi connectivity index (χ0) is 18.9. The number of halogens is 1. The first-order chi connectivity index (χ1) is 12.5. The van der Waals surface area contributed by atoms with Gasteiger partial charge in [-0.05, 0) is 6.07 Å². The van der Waals surface area contributed by atoms with Gasteiger partial charge in [0.05, 0.1) is 19.4 Å². The second kappa shape index (κ2) is 9.69. The molecule has 1 heterocycles. The van der Waals surface area contributed by atoms with E-state index in [1.54, 1.807) is 18.2 Å². The number of hydrogen-bond acceptors (Lipinski definition) is 5. The van der Waals surface area contributed by atoms with Gasteiger partial charge in [0.25, 0.3) is 0 Å². The number of ether oxygens (including phenoxy) is 2. The molecule has 8 heteroatoms. The first-order valence-corrected chi connectivity index (χ1v) is 8.01. The molecule has 140 valence electrons. The van der Waals surface area contributed by atoms with Crippen molar-refractivity contribution in [3.63, 3.8) is 0 Å². The maximum absolute atomic E-state index is 13.7. The molecule has 26 heavy (non-hydrogen) atoms. The van der Waals surface area contributed by atoms with Gasteiger partial charge in [0.2, 0.25) is 11.3 Å². The number of methoxy groups -OCH3 is 1. The van der Waals surface area contributed by atoms with E-state index in [2.05, 4.69) is 5.32 Å². The zero-order valence-electron chi connectivity index (χ0n) is 14.4. The Labute approximate surface area is 150 Å². The number of aromatic nitrogens is 1. The Bertz CT molecular complexity index is 806. The molecule has 2 N–H and O–H groups in total. The van der Waals surface area contributed by atoms with Gasteiger partial charge in [-0.1, -0.05) is 18.2 Å². The molecule has 0 atom stereocenters. The average Bonchev–Trinajstić information content (AvgIpc) is 2.63. The van der Waals surface area contributed by atoms with Crippen LogP contribution in [0, 0.1) is 5.82 Å². The third-order valence-corrected chi connectivity index (χ3v) is 3.63. The van der Waals surface area contributed by atoms with E-state index in [1.807, 2.05) is 0 Å². The minimum atomic E-state index is -0.457. The number of nitrogens with one attached hydrogen (secondary N) is 1. The second-order valence-electron chi connectivity index (χ2n) is 5.50. The van der Waals surface area contributed by atoms with Gasteiger partial charge in [-0.2, -0.15) is 0 Å². The lowest BCUT2D eigenvalue weighted by molar-refractivity contribution is -0.121. The van der Waals surface area contributed by atoms with Gasteiger partial charge in [-0.15, -0.1) is 0 Å². The number of hydrogen-bond donors (Lipinski definition) is 2. The maximum Gasteiger partial charge on any atom is 0.240 e. The fourth-order valence-corrected chi connectivity index (χ4v) is 2.26. The van der Waals surface area contributed by atoms with Gasteiger partial charge in [0.15, 0.2) is 5.75 Å². The van der Waals surface area contributed by atoms with Crippen LogP contribution >= 0.6 is 0 Å². The highest BCUT2D eigenvalue weighted by Crippen LogP contribution is 2.12. The summed E-state index contributed by atoms with van der Waals surface area (Å²) in [6, 6.07) is 7.28. The molecule has 2 aromatic rings. The summed E-state index contributed by atoms with van der Waals surface area (Å²) in [6.45, 7) is 0.0882. The largest absolute Gasteiger partial charge is 0.483 e. The molecule has 1 aromatic carbocycles. The molecule has 2 rings (SSSR count). The normalized spacial score (nSPS) is 10.6. The van der Waals surface area contributed by atoms with Gasteiger partial charge in [-0.3, -0.25) is 9.59 Å². The fourth-order valence-electron chi connectivity index (χ4n) is 2.26. The number of rotatable bonds is 9. The van der Waals surface area contributed by atoms with E-state index in [1.165, 1.54) is 30.0 Å². The lowest BCUT2D eigenvalue weighted by atomic mass is 10.2. The standard InChI is InChI=1S/C18H21FN2O5/c1-25-7-6-20-18(24)10-21-9-17(16(23)8-14(21)11-22)26-12-13-4-2-3-5-15(13)19/h2-5,8-9,22H,6-7,10-12H2,1H3,(H,20,24). The minimum absolute atomic E-state index is 0.0323. The van der Waals surface area contributed by atoms with Gasteiger partial charge >= 0.3 is 0 Å². The van der Waals surface area contributed by atoms with Crippen LogP contribution in [0.25, 0.3) is 0 Å². The van der Waals surface area contributed by atoms with Crippen molar-refractivity contribution >= 4 is 5.91 Å². The summed E-state index contributed by atoms with van der Waals surface area (Å²) >= 11 is 0. The molecule has 0 aliphatic carbocycles. The number of benzene rings is 1. The van der Waals surface area contributed by atoms with Gasteiger partial charge in [0.1, 0.15) is 19.0 Å². The van der Waals surface area contributed by atoms with Crippen LogP contribution in [0.3, 0.4) is 0 Å². The monoisotopic (exact) mass is 364 g/mol. The molecule has 0 aliphatic rings. The van der Waals surface area contributed by atoms with Crippen molar-refractivity contribution in [2.75, 3.05) is 20.3 Å². The maximum atomic E-state index is 13.7. The van der Waals surface area contributed by atoms with E-state index in [-0.39, 0.29) is 30.5 Å². The Hall–Kier alpha value is -2.71. The van der Waals surface area contributed by atoms with Gasteiger partial charge in [0, 0.05) is 31.0 Å². The summed E-state index contributed by atoms with van der Waals surface area (Å²) in [6.07, 6.45) is 1.34. The fraction of sp³-hybridized carbons (Fsp3) is 0.333. The molecule has 0 unspecified atom stereocenters. The van der Waals surface area contributed by atoms with E-state index in [0.29, 0.717) is 18.7 Å². The van der Waals surface area contributed by atoms with E-state index in [4.69, 9.17) is 9.47 Å². The lowest BCUT2D eigenvalue weighted by Crippen LogP contribution is -2.31. The molecule has 1 aromatic heterocycles. The number of carbonyl (C=O) groups excluding carboxylic acids is 1. The molecule has 0 bridgehead atoms. The van der Waals surface area contributed by atoms with E-state index < -0.39 is 17.9 Å². The smallest absolute Gasteiger partial charge is 0.240 e. The molecular formula is C18H21FN2O5. The highest BCUT2D eigenvalue weighted by molar-refractivity contribution is 5.75. The third-order valence-electron chi connectivity index (χ3n) is 3.63. The van der Waals surface area contributed by atoms with Crippen molar-refractivity contribution in [3.8, 4) is 5.75 Å². The van der Waals surface area contributed by atoms with Crippen LogP contribution in [0.5, 0.6) is 5.75 Å². The van der Waals surface area contributed by atoms with Crippen LogP contribution < -0.4 is 15.5 Å². The predicted molar refractivity (Wildman–Crippen MR) is 92.2 cm³/mol. The quantitative estimate of drug-likeness (QED) is 0.643. The first-order valence-electron chi connectivity index (χ1n) is 8.01. The summed E-state index contributed by atoms with van der Waals surface area (Å²) in [5, 5.41) is 12.1. The van der Waals surface area contributed by atoms with E-state index >= 15 is 0 Å². The molecule has 7 nitrogen and oxygen atoms in total. The van der Waals surface area contributed by atoms with Gasteiger partial charge in [-0.25, -0.2) is 4.39 Å². The molecule has 0 radical (unpaired) electrons. The van der Waals surface area contributed by atoms with Crippen molar-refractivity contribution in [2.24, 2.45) is 0 Å². The average molecular weight is 364 g/mol. The molecule has 0 fully saturated rings. The Kier molecular flexibility index (Phi) is 7.31. The SMILES string of the molecule is COCCNC(=O)Cn1cc(OCc2ccccc2F)c(=O)cc1CO. The number of aliphatic hydroxyl groups is 1. The van der Waals surface area contributed by atoms with Gasteiger partial charge < -0.3 is 24.5 Å². The second-order valence-corrected chi connectivity index (χ2v) is 5.50. The van der Waals surface area contributed by atoms with Crippen molar-refractivity contribution in [2.45, 2.75) is 19.8 Å². The van der Waals surface area contributed by atoms with E-state index in [9.17, 15) is 19.1 Å². The first kappa shape index (κ1) is 19.6. The van der Waals surface area contributed by atoms with Crippen LogP contribution in [-0.2, 0) is 29.3 Å². The third kappa shape index (κ3) is 5.40. The number of nitrogens with zero attached hydrogens (tertiary/aromatic N) is 1. The van der Waals surface area contributed by atoms with Crippen molar-refractivity contribution < 1.29 is 23.8 Å². The Balaban J connectivity index is 2.13. The number of pyridine rings is 1. The Morgan fingerprint density at radius 1 is 1.35 bits per heavy atom. The Morgan fingerprint density at radius 3 is 2.81 bits per heavy atom. The van der Waals surface area contributed by atoms with E-state index in [0.717, 1.165) is 0 Å². The summed E-state index contributed by atoms with van der Waals surface area (Å²) in [5.74, 6) is -0.770. The lowest BCUT2D eigenvalue weighted by Gasteiger charge is -2.14. The van der Waals surface area contributed by atoms with Crippen LogP contribution in [-0.4, -0.2) is 35.8 Å². The highest BCUT2D eigenvalue weighted by Gasteiger charge is 2.11. The molecule has 1 amide bonds. The molecule has 0 saturated heterocycles. The van der Waals surface area contributed by atoms with Crippen LogP contribution in [0.1, 0.15) is 11.3 Å². The number of amides is 1. The summed E-state index contributed by atoms with van der Waals surface area (Å²) in [5.41, 5.74) is 0.124. The molecule has 0 aliphatic heterocycles. The summed E-state index contributed by atoms with van der Waals surface area (Å²) in [7, 11) is 1.52. The Morgan fingerprint density at radius 2 is 2.12 bits per heavy atom. The summed E-state index contributed by atoms with van der Waals surface area (Å²) in [4.78, 5) is 24.0. The van der Waals surface area contributed by atoms with Crippen molar-refractivity contribution in [1.29, 1.82) is 0 Å². The zero-order valence-corrected chi connectivity index (χ0v) is 14.4. The number of aliphatic hydroxyl groups excluding tert-OH is 1. The topological polar surface area (TPSA) is 89.8 Å². The molecule has 0 saturated carbocycles. The molecular weight excluding hydrogens is 343 g/mol. The number of carbonyl (C=O) groups is 1. The van der Waals surface area contributed by atoms with Crippen LogP contribution in [0.2, 0.25) is 0 Å².